The predicted octanol–water partition coefficient (Wildman–Crippen LogP) is 3.69. The van der Waals surface area contributed by atoms with Gasteiger partial charge in [0.15, 0.2) is 0 Å². The quantitative estimate of drug-likeness (QED) is 0.911. The van der Waals surface area contributed by atoms with Crippen LogP contribution >= 0.6 is 11.6 Å². The zero-order valence-corrected chi connectivity index (χ0v) is 12.5. The van der Waals surface area contributed by atoms with Gasteiger partial charge in [-0.15, -0.1) is 0 Å². The minimum atomic E-state index is -0.188. The van der Waals surface area contributed by atoms with Crippen LogP contribution in [0.25, 0.3) is 0 Å². The summed E-state index contributed by atoms with van der Waals surface area (Å²) in [5, 5.41) is 4.13. The molecule has 0 bridgehead atoms. The van der Waals surface area contributed by atoms with Crippen LogP contribution < -0.4 is 10.2 Å². The summed E-state index contributed by atoms with van der Waals surface area (Å²) in [4.78, 5) is 2.18. The Morgan fingerprint density at radius 3 is 2.84 bits per heavy atom. The van der Waals surface area contributed by atoms with E-state index in [-0.39, 0.29) is 5.82 Å². The van der Waals surface area contributed by atoms with E-state index < -0.39 is 0 Å². The topological polar surface area (TPSA) is 15.3 Å². The first kappa shape index (κ1) is 14.6. The van der Waals surface area contributed by atoms with Gasteiger partial charge in [-0.05, 0) is 30.5 Å². The molecular formula is C15H22ClFN2. The molecule has 2 atom stereocenters. The second-order valence-electron chi connectivity index (χ2n) is 5.57. The molecule has 19 heavy (non-hydrogen) atoms. The highest BCUT2D eigenvalue weighted by Crippen LogP contribution is 2.29. The van der Waals surface area contributed by atoms with E-state index in [0.717, 1.165) is 19.5 Å². The maximum atomic E-state index is 14.1. The lowest BCUT2D eigenvalue weighted by atomic mass is 9.97. The van der Waals surface area contributed by atoms with Crippen LogP contribution in [0.2, 0.25) is 5.02 Å². The lowest BCUT2D eigenvalue weighted by Gasteiger charge is -2.44. The van der Waals surface area contributed by atoms with Crippen LogP contribution in [0.1, 0.15) is 27.2 Å². The van der Waals surface area contributed by atoms with Crippen molar-refractivity contribution in [2.45, 2.75) is 39.3 Å². The van der Waals surface area contributed by atoms with Crippen LogP contribution in [0.5, 0.6) is 0 Å². The van der Waals surface area contributed by atoms with Crippen LogP contribution in [-0.4, -0.2) is 25.2 Å². The Labute approximate surface area is 119 Å². The fourth-order valence-corrected chi connectivity index (χ4v) is 2.85. The molecule has 1 aliphatic heterocycles. The molecule has 0 aromatic heterocycles. The largest absolute Gasteiger partial charge is 0.363 e. The average molecular weight is 285 g/mol. The second-order valence-corrected chi connectivity index (χ2v) is 6.01. The van der Waals surface area contributed by atoms with Crippen LogP contribution in [-0.2, 0) is 0 Å². The third kappa shape index (κ3) is 3.21. The van der Waals surface area contributed by atoms with E-state index in [2.05, 4.69) is 31.0 Å². The van der Waals surface area contributed by atoms with Crippen LogP contribution in [0.3, 0.4) is 0 Å². The van der Waals surface area contributed by atoms with Gasteiger partial charge in [-0.3, -0.25) is 0 Å². The van der Waals surface area contributed by atoms with E-state index in [1.165, 1.54) is 6.07 Å². The molecule has 2 rings (SSSR count). The molecule has 2 nitrogen and oxygen atoms in total. The number of anilines is 1. The van der Waals surface area contributed by atoms with Gasteiger partial charge in [-0.2, -0.15) is 0 Å². The van der Waals surface area contributed by atoms with Gasteiger partial charge < -0.3 is 10.2 Å². The van der Waals surface area contributed by atoms with Crippen molar-refractivity contribution >= 4 is 17.3 Å². The highest BCUT2D eigenvalue weighted by atomic mass is 35.5. The van der Waals surface area contributed by atoms with Crippen molar-refractivity contribution in [3.63, 3.8) is 0 Å². The van der Waals surface area contributed by atoms with Gasteiger partial charge in [0.05, 0.1) is 5.69 Å². The van der Waals surface area contributed by atoms with Crippen LogP contribution in [0.15, 0.2) is 18.2 Å². The third-order valence-electron chi connectivity index (χ3n) is 3.91. The summed E-state index contributed by atoms with van der Waals surface area (Å²) in [5.41, 5.74) is 0.631. The van der Waals surface area contributed by atoms with E-state index in [0.29, 0.717) is 28.7 Å². The minimum Gasteiger partial charge on any atom is -0.363 e. The van der Waals surface area contributed by atoms with E-state index in [9.17, 15) is 4.39 Å². The normalized spacial score (nSPS) is 24.0. The Morgan fingerprint density at radius 1 is 1.47 bits per heavy atom. The molecule has 1 fully saturated rings. The maximum absolute atomic E-state index is 14.1. The van der Waals surface area contributed by atoms with Crippen molar-refractivity contribution in [1.29, 1.82) is 0 Å². The van der Waals surface area contributed by atoms with Crippen molar-refractivity contribution in [1.82, 2.24) is 5.32 Å². The number of hydrogen-bond donors (Lipinski definition) is 1. The first-order valence-corrected chi connectivity index (χ1v) is 7.35. The predicted molar refractivity (Wildman–Crippen MR) is 79.5 cm³/mol. The molecule has 0 saturated carbocycles. The number of nitrogens with one attached hydrogen (secondary N) is 1. The summed E-state index contributed by atoms with van der Waals surface area (Å²) in [7, 11) is 0. The van der Waals surface area contributed by atoms with Gasteiger partial charge >= 0.3 is 0 Å². The minimum absolute atomic E-state index is 0.188. The molecule has 0 radical (unpaired) electrons. The van der Waals surface area contributed by atoms with Gasteiger partial charge in [0.2, 0.25) is 0 Å². The summed E-state index contributed by atoms with van der Waals surface area (Å²) in [6.07, 6.45) is 1.05. The highest BCUT2D eigenvalue weighted by Gasteiger charge is 2.30. The summed E-state index contributed by atoms with van der Waals surface area (Å²) in [6.45, 7) is 8.22. The fourth-order valence-electron chi connectivity index (χ4n) is 2.69. The van der Waals surface area contributed by atoms with Crippen molar-refractivity contribution < 1.29 is 4.39 Å². The SMILES string of the molecule is CCC1CN(c2cc(Cl)ccc2F)C(C(C)C)CN1. The standard InChI is InChI=1S/C15H22ClFN2/c1-4-12-9-19(15(8-18-12)10(2)3)14-7-11(16)5-6-13(14)17/h5-7,10,12,15,18H,4,8-9H2,1-3H3. The van der Waals surface area contributed by atoms with Crippen molar-refractivity contribution in [2.24, 2.45) is 5.92 Å². The van der Waals surface area contributed by atoms with Crippen LogP contribution in [0.4, 0.5) is 10.1 Å². The van der Waals surface area contributed by atoms with Gasteiger partial charge in [-0.1, -0.05) is 32.4 Å². The molecule has 0 amide bonds. The molecule has 1 aromatic rings. The lowest BCUT2D eigenvalue weighted by Crippen LogP contribution is -2.58. The Kier molecular flexibility index (Phi) is 4.69. The molecule has 2 unspecified atom stereocenters. The van der Waals surface area contributed by atoms with E-state index >= 15 is 0 Å². The molecule has 1 aromatic carbocycles. The van der Waals surface area contributed by atoms with E-state index in [1.54, 1.807) is 12.1 Å². The Balaban J connectivity index is 2.33. The maximum Gasteiger partial charge on any atom is 0.146 e. The van der Waals surface area contributed by atoms with Gasteiger partial charge in [0.1, 0.15) is 5.82 Å². The molecule has 0 spiro atoms. The van der Waals surface area contributed by atoms with Gasteiger partial charge in [0, 0.05) is 30.2 Å². The number of nitrogens with zero attached hydrogens (tertiary/aromatic N) is 1. The summed E-state index contributed by atoms with van der Waals surface area (Å²) in [5.74, 6) is 0.274. The average Bonchev–Trinajstić information content (AvgIpc) is 2.40. The van der Waals surface area contributed by atoms with Crippen LogP contribution in [0, 0.1) is 11.7 Å². The monoisotopic (exact) mass is 284 g/mol. The first-order chi connectivity index (χ1) is 9.02. The van der Waals surface area contributed by atoms with E-state index in [4.69, 9.17) is 11.6 Å². The van der Waals surface area contributed by atoms with Crippen molar-refractivity contribution in [2.75, 3.05) is 18.0 Å². The Morgan fingerprint density at radius 2 is 2.21 bits per heavy atom. The number of piperazine rings is 1. The smallest absolute Gasteiger partial charge is 0.146 e. The number of benzene rings is 1. The summed E-state index contributed by atoms with van der Waals surface area (Å²) in [6, 6.07) is 5.51. The molecule has 106 valence electrons. The molecular weight excluding hydrogens is 263 g/mol. The number of halogens is 2. The van der Waals surface area contributed by atoms with Crippen molar-refractivity contribution in [3.05, 3.63) is 29.0 Å². The Bertz CT molecular complexity index is 436. The molecule has 4 heteroatoms. The molecule has 1 saturated heterocycles. The summed E-state index contributed by atoms with van der Waals surface area (Å²) < 4.78 is 14.1. The summed E-state index contributed by atoms with van der Waals surface area (Å²) >= 11 is 6.02. The zero-order chi connectivity index (χ0) is 14.0. The third-order valence-corrected chi connectivity index (χ3v) is 4.15. The van der Waals surface area contributed by atoms with Gasteiger partial charge in [0.25, 0.3) is 0 Å². The zero-order valence-electron chi connectivity index (χ0n) is 11.8. The molecule has 0 aliphatic carbocycles. The highest BCUT2D eigenvalue weighted by molar-refractivity contribution is 6.30. The molecule has 1 heterocycles. The van der Waals surface area contributed by atoms with Crippen molar-refractivity contribution in [3.8, 4) is 0 Å². The number of rotatable bonds is 3. The van der Waals surface area contributed by atoms with E-state index in [1.807, 2.05) is 0 Å². The molecule has 1 N–H and O–H groups in total. The molecule has 1 aliphatic rings. The first-order valence-electron chi connectivity index (χ1n) is 6.98. The lowest BCUT2D eigenvalue weighted by molar-refractivity contribution is 0.331. The Hall–Kier alpha value is -0.800. The number of hydrogen-bond acceptors (Lipinski definition) is 2. The fraction of sp³-hybridized carbons (Fsp3) is 0.600. The van der Waals surface area contributed by atoms with Gasteiger partial charge in [-0.25, -0.2) is 4.39 Å². The second kappa shape index (κ2) is 6.10.